The van der Waals surface area contributed by atoms with Crippen LogP contribution in [0.3, 0.4) is 0 Å². The summed E-state index contributed by atoms with van der Waals surface area (Å²) in [4.78, 5) is 21.7. The zero-order valence-corrected chi connectivity index (χ0v) is 10.9. The number of rotatable bonds is 5. The minimum Gasteiger partial charge on any atom is -0.325 e. The highest BCUT2D eigenvalue weighted by Crippen LogP contribution is 2.22. The van der Waals surface area contributed by atoms with Gasteiger partial charge in [-0.3, -0.25) is 9.59 Å². The molecule has 0 saturated heterocycles. The lowest BCUT2D eigenvalue weighted by molar-refractivity contribution is -0.115. The molecule has 0 unspecified atom stereocenters. The number of hydrogen-bond donors (Lipinski definition) is 2. The van der Waals surface area contributed by atoms with Crippen molar-refractivity contribution in [2.24, 2.45) is 5.10 Å². The fourth-order valence-corrected chi connectivity index (χ4v) is 1.52. The van der Waals surface area contributed by atoms with Crippen molar-refractivity contribution in [3.8, 4) is 0 Å². The first kappa shape index (κ1) is 14.2. The first-order chi connectivity index (χ1) is 8.54. The van der Waals surface area contributed by atoms with Gasteiger partial charge in [-0.05, 0) is 31.5 Å². The highest BCUT2D eigenvalue weighted by Gasteiger charge is 2.07. The van der Waals surface area contributed by atoms with Gasteiger partial charge in [-0.1, -0.05) is 17.7 Å². The van der Waals surface area contributed by atoms with E-state index in [9.17, 15) is 9.59 Å². The van der Waals surface area contributed by atoms with E-state index >= 15 is 0 Å². The van der Waals surface area contributed by atoms with Crippen molar-refractivity contribution in [1.82, 2.24) is 5.43 Å². The number of hydrogen-bond acceptors (Lipinski definition) is 3. The first-order valence-electron chi connectivity index (χ1n) is 5.32. The second-order valence-electron chi connectivity index (χ2n) is 3.73. The van der Waals surface area contributed by atoms with E-state index in [0.29, 0.717) is 22.8 Å². The average Bonchev–Trinajstić information content (AvgIpc) is 2.32. The summed E-state index contributed by atoms with van der Waals surface area (Å²) < 4.78 is 0. The molecule has 0 atom stereocenters. The van der Waals surface area contributed by atoms with Crippen molar-refractivity contribution in [3.63, 3.8) is 0 Å². The van der Waals surface area contributed by atoms with Gasteiger partial charge in [0.05, 0.1) is 6.42 Å². The van der Waals surface area contributed by atoms with Crippen LogP contribution in [-0.4, -0.2) is 18.0 Å². The number of halogens is 1. The lowest BCUT2D eigenvalue weighted by Crippen LogP contribution is -2.17. The van der Waals surface area contributed by atoms with Crippen LogP contribution in [0.25, 0.3) is 0 Å². The summed E-state index contributed by atoms with van der Waals surface area (Å²) in [5.74, 6) is -0.214. The monoisotopic (exact) mass is 267 g/mol. The molecule has 0 aliphatic rings. The fraction of sp³-hybridized carbons (Fsp3) is 0.250. The predicted molar refractivity (Wildman–Crippen MR) is 71.7 cm³/mol. The Morgan fingerprint density at radius 1 is 1.50 bits per heavy atom. The van der Waals surface area contributed by atoms with Crippen molar-refractivity contribution < 1.29 is 9.59 Å². The van der Waals surface area contributed by atoms with Crippen molar-refractivity contribution >= 4 is 35.3 Å². The normalized spacial score (nSPS) is 10.9. The minimum absolute atomic E-state index is 0.104. The lowest BCUT2D eigenvalue weighted by atomic mass is 10.2. The van der Waals surface area contributed by atoms with Crippen molar-refractivity contribution in [2.75, 3.05) is 5.32 Å². The summed E-state index contributed by atoms with van der Waals surface area (Å²) >= 11 is 5.95. The molecular weight excluding hydrogens is 254 g/mol. The minimum atomic E-state index is -0.214. The zero-order chi connectivity index (χ0) is 13.5. The molecular formula is C12H14ClN3O2. The molecule has 2 amide bonds. The molecule has 1 aromatic rings. The van der Waals surface area contributed by atoms with E-state index in [0.717, 1.165) is 5.56 Å². The third-order valence-electron chi connectivity index (χ3n) is 2.27. The number of anilines is 1. The van der Waals surface area contributed by atoms with E-state index in [1.807, 2.05) is 6.92 Å². The Bertz CT molecular complexity index is 486. The molecule has 6 heteroatoms. The van der Waals surface area contributed by atoms with E-state index < -0.39 is 0 Å². The van der Waals surface area contributed by atoms with Gasteiger partial charge in [-0.2, -0.15) is 5.10 Å². The van der Waals surface area contributed by atoms with Gasteiger partial charge in [0.1, 0.15) is 0 Å². The summed E-state index contributed by atoms with van der Waals surface area (Å²) in [6.07, 6.45) is 0.551. The summed E-state index contributed by atoms with van der Waals surface area (Å²) in [5, 5.41) is 7.01. The molecule has 0 heterocycles. The molecule has 0 aliphatic heterocycles. The Kier molecular flexibility index (Phi) is 5.32. The smallest absolute Gasteiger partial charge is 0.230 e. The quantitative estimate of drug-likeness (QED) is 0.487. The summed E-state index contributed by atoms with van der Waals surface area (Å²) in [6.45, 7) is 3.48. The summed E-state index contributed by atoms with van der Waals surface area (Å²) in [7, 11) is 0. The lowest BCUT2D eigenvalue weighted by Gasteiger charge is -2.09. The SMILES string of the molecule is CC(CC(=O)Nc1cccc(Cl)c1C)=NNC=O. The highest BCUT2D eigenvalue weighted by molar-refractivity contribution is 6.31. The van der Waals surface area contributed by atoms with Crippen LogP contribution >= 0.6 is 11.6 Å². The van der Waals surface area contributed by atoms with Gasteiger partial charge in [-0.25, -0.2) is 5.43 Å². The van der Waals surface area contributed by atoms with Crippen molar-refractivity contribution in [3.05, 3.63) is 28.8 Å². The molecule has 18 heavy (non-hydrogen) atoms. The molecule has 0 bridgehead atoms. The van der Waals surface area contributed by atoms with Gasteiger partial charge < -0.3 is 5.32 Å². The number of benzene rings is 1. The number of nitrogens with zero attached hydrogens (tertiary/aromatic N) is 1. The average molecular weight is 268 g/mol. The second-order valence-corrected chi connectivity index (χ2v) is 4.14. The molecule has 96 valence electrons. The second kappa shape index (κ2) is 6.76. The Labute approximate surface area is 110 Å². The number of carbonyl (C=O) groups is 2. The number of nitrogens with one attached hydrogen (secondary N) is 2. The maximum absolute atomic E-state index is 11.7. The number of hydrazone groups is 1. The molecule has 0 radical (unpaired) electrons. The van der Waals surface area contributed by atoms with Gasteiger partial charge >= 0.3 is 0 Å². The molecule has 5 nitrogen and oxygen atoms in total. The van der Waals surface area contributed by atoms with E-state index in [4.69, 9.17) is 11.6 Å². The van der Waals surface area contributed by atoms with Crippen LogP contribution in [-0.2, 0) is 9.59 Å². The first-order valence-corrected chi connectivity index (χ1v) is 5.69. The Hall–Kier alpha value is -1.88. The molecule has 0 spiro atoms. The third kappa shape index (κ3) is 4.18. The molecule has 1 aromatic carbocycles. The van der Waals surface area contributed by atoms with E-state index in [1.54, 1.807) is 25.1 Å². The van der Waals surface area contributed by atoms with Crippen LogP contribution in [0.2, 0.25) is 5.02 Å². The van der Waals surface area contributed by atoms with Crippen LogP contribution in [0, 0.1) is 6.92 Å². The predicted octanol–water partition coefficient (Wildman–Crippen LogP) is 2.10. The fourth-order valence-electron chi connectivity index (χ4n) is 1.35. The van der Waals surface area contributed by atoms with E-state index in [2.05, 4.69) is 15.8 Å². The van der Waals surface area contributed by atoms with Crippen LogP contribution < -0.4 is 10.7 Å². The maximum atomic E-state index is 11.7. The van der Waals surface area contributed by atoms with E-state index in [-0.39, 0.29) is 12.3 Å². The number of carbonyl (C=O) groups excluding carboxylic acids is 2. The molecule has 0 fully saturated rings. The highest BCUT2D eigenvalue weighted by atomic mass is 35.5. The van der Waals surface area contributed by atoms with Crippen molar-refractivity contribution in [1.29, 1.82) is 0 Å². The molecule has 2 N–H and O–H groups in total. The largest absolute Gasteiger partial charge is 0.325 e. The summed E-state index contributed by atoms with van der Waals surface area (Å²) in [6, 6.07) is 5.29. The Morgan fingerprint density at radius 3 is 2.89 bits per heavy atom. The van der Waals surface area contributed by atoms with Gasteiger partial charge in [0.15, 0.2) is 0 Å². The maximum Gasteiger partial charge on any atom is 0.230 e. The van der Waals surface area contributed by atoms with Crippen molar-refractivity contribution in [2.45, 2.75) is 20.3 Å². The Morgan fingerprint density at radius 2 is 2.22 bits per heavy atom. The van der Waals surface area contributed by atoms with Gasteiger partial charge in [0.2, 0.25) is 12.3 Å². The van der Waals surface area contributed by atoms with E-state index in [1.165, 1.54) is 0 Å². The van der Waals surface area contributed by atoms with Gasteiger partial charge in [-0.15, -0.1) is 0 Å². The molecule has 0 aromatic heterocycles. The van der Waals surface area contributed by atoms with Crippen LogP contribution in [0.1, 0.15) is 18.9 Å². The topological polar surface area (TPSA) is 70.6 Å². The molecule has 1 rings (SSSR count). The molecule has 0 saturated carbocycles. The van der Waals surface area contributed by atoms with Crippen LogP contribution in [0.4, 0.5) is 5.69 Å². The van der Waals surface area contributed by atoms with Gasteiger partial charge in [0, 0.05) is 16.4 Å². The van der Waals surface area contributed by atoms with Crippen LogP contribution in [0.15, 0.2) is 23.3 Å². The summed E-state index contributed by atoms with van der Waals surface area (Å²) in [5.41, 5.74) is 4.14. The molecule has 0 aliphatic carbocycles. The Balaban J connectivity index is 2.65. The number of amides is 2. The zero-order valence-electron chi connectivity index (χ0n) is 10.2. The van der Waals surface area contributed by atoms with Gasteiger partial charge in [0.25, 0.3) is 0 Å². The standard InChI is InChI=1S/C12H14ClN3O2/c1-8(16-14-7-17)6-12(18)15-11-5-3-4-10(13)9(11)2/h3-5,7H,6H2,1-2H3,(H,14,17)(H,15,18). The third-order valence-corrected chi connectivity index (χ3v) is 2.68. The van der Waals surface area contributed by atoms with Crippen LogP contribution in [0.5, 0.6) is 0 Å².